The van der Waals surface area contributed by atoms with E-state index in [1.54, 1.807) is 42.5 Å². The van der Waals surface area contributed by atoms with E-state index in [0.29, 0.717) is 26.2 Å². The van der Waals surface area contributed by atoms with Crippen LogP contribution in [0.3, 0.4) is 0 Å². The van der Waals surface area contributed by atoms with Gasteiger partial charge >= 0.3 is 0 Å². The third kappa shape index (κ3) is 5.73. The van der Waals surface area contributed by atoms with Crippen molar-refractivity contribution in [3.05, 3.63) is 99.0 Å². The topological polar surface area (TPSA) is 55.7 Å². The van der Waals surface area contributed by atoms with Gasteiger partial charge in [0, 0.05) is 26.2 Å². The molecule has 0 unspecified atom stereocenters. The molecule has 4 nitrogen and oxygen atoms in total. The van der Waals surface area contributed by atoms with Crippen molar-refractivity contribution in [1.29, 1.82) is 0 Å². The van der Waals surface area contributed by atoms with E-state index < -0.39 is 9.84 Å². The number of halogens is 3. The molecular weight excluding hydrogens is 453 g/mol. The standard InChI is InChI=1S/C21H16Cl3NO3S/c22-16-9-11-17(12-10-16)29(26,27)14-21(15-5-2-1-3-6-15)25-28-13-18-19(23)7-4-8-20(18)24/h1-12H,13-14H2. The van der Waals surface area contributed by atoms with Crippen molar-refractivity contribution in [2.75, 3.05) is 5.75 Å². The lowest BCUT2D eigenvalue weighted by molar-refractivity contribution is 0.130. The summed E-state index contributed by atoms with van der Waals surface area (Å²) >= 11 is 18.1. The Balaban J connectivity index is 1.87. The van der Waals surface area contributed by atoms with Gasteiger partial charge in [-0.25, -0.2) is 8.42 Å². The monoisotopic (exact) mass is 467 g/mol. The number of benzene rings is 3. The van der Waals surface area contributed by atoms with Crippen molar-refractivity contribution in [3.8, 4) is 0 Å². The molecule has 0 radical (unpaired) electrons. The summed E-state index contributed by atoms with van der Waals surface area (Å²) in [6.07, 6.45) is 0. The minimum absolute atomic E-state index is 0.00975. The Bertz CT molecular complexity index is 1100. The van der Waals surface area contributed by atoms with Crippen LogP contribution in [0.4, 0.5) is 0 Å². The molecule has 3 aromatic rings. The molecule has 0 amide bonds. The van der Waals surface area contributed by atoms with Gasteiger partial charge in [-0.15, -0.1) is 0 Å². The van der Waals surface area contributed by atoms with Crippen LogP contribution in [0.1, 0.15) is 11.1 Å². The summed E-state index contributed by atoms with van der Waals surface area (Å²) in [4.78, 5) is 5.58. The molecule has 3 rings (SSSR count). The molecule has 8 heteroatoms. The van der Waals surface area contributed by atoms with Crippen molar-refractivity contribution in [3.63, 3.8) is 0 Å². The van der Waals surface area contributed by atoms with E-state index in [9.17, 15) is 8.42 Å². The molecule has 29 heavy (non-hydrogen) atoms. The average Bonchev–Trinajstić information content (AvgIpc) is 2.70. The third-order valence-electron chi connectivity index (χ3n) is 4.05. The molecule has 0 saturated carbocycles. The molecule has 3 aromatic carbocycles. The Morgan fingerprint density at radius 2 is 1.45 bits per heavy atom. The van der Waals surface area contributed by atoms with Crippen molar-refractivity contribution in [2.24, 2.45) is 5.16 Å². The molecular formula is C21H16Cl3NO3S. The minimum Gasteiger partial charge on any atom is -0.391 e. The molecule has 0 bridgehead atoms. The first-order chi connectivity index (χ1) is 13.9. The van der Waals surface area contributed by atoms with Crippen molar-refractivity contribution >= 4 is 50.4 Å². The van der Waals surface area contributed by atoms with Gasteiger partial charge in [0.1, 0.15) is 18.1 Å². The van der Waals surface area contributed by atoms with Crippen LogP contribution in [0.25, 0.3) is 0 Å². The predicted molar refractivity (Wildman–Crippen MR) is 118 cm³/mol. The van der Waals surface area contributed by atoms with Gasteiger partial charge in [0.05, 0.1) is 4.90 Å². The molecule has 0 aromatic heterocycles. The second-order valence-corrected chi connectivity index (χ2v) is 9.33. The van der Waals surface area contributed by atoms with Gasteiger partial charge in [0.2, 0.25) is 0 Å². The highest BCUT2D eigenvalue weighted by molar-refractivity contribution is 7.92. The first-order valence-electron chi connectivity index (χ1n) is 8.52. The Kier molecular flexibility index (Phi) is 7.19. The van der Waals surface area contributed by atoms with Gasteiger partial charge < -0.3 is 4.84 Å². The lowest BCUT2D eigenvalue weighted by Gasteiger charge is -2.10. The van der Waals surface area contributed by atoms with E-state index in [0.717, 1.165) is 0 Å². The molecule has 0 aliphatic heterocycles. The first kappa shape index (κ1) is 21.7. The fourth-order valence-corrected chi connectivity index (χ4v) is 4.47. The Morgan fingerprint density at radius 1 is 0.828 bits per heavy atom. The van der Waals surface area contributed by atoms with E-state index in [1.165, 1.54) is 24.3 Å². The molecule has 0 N–H and O–H groups in total. The van der Waals surface area contributed by atoms with Crippen LogP contribution < -0.4 is 0 Å². The zero-order valence-electron chi connectivity index (χ0n) is 15.1. The predicted octanol–water partition coefficient (Wildman–Crippen LogP) is 6.04. The number of oxime groups is 1. The number of hydrogen-bond donors (Lipinski definition) is 0. The zero-order chi connectivity index (χ0) is 20.9. The number of hydrogen-bond acceptors (Lipinski definition) is 4. The number of nitrogens with zero attached hydrogens (tertiary/aromatic N) is 1. The highest BCUT2D eigenvalue weighted by Crippen LogP contribution is 2.25. The van der Waals surface area contributed by atoms with Gasteiger partial charge in [-0.05, 0) is 36.4 Å². The van der Waals surface area contributed by atoms with Gasteiger partial charge in [-0.3, -0.25) is 0 Å². The van der Waals surface area contributed by atoms with Gasteiger partial charge in [0.25, 0.3) is 0 Å². The zero-order valence-corrected chi connectivity index (χ0v) is 18.1. The van der Waals surface area contributed by atoms with Crippen molar-refractivity contribution in [1.82, 2.24) is 0 Å². The van der Waals surface area contributed by atoms with Gasteiger partial charge in [-0.2, -0.15) is 0 Å². The van der Waals surface area contributed by atoms with Gasteiger partial charge in [-0.1, -0.05) is 76.4 Å². The lowest BCUT2D eigenvalue weighted by Crippen LogP contribution is -2.18. The van der Waals surface area contributed by atoms with E-state index in [4.69, 9.17) is 39.6 Å². The Labute approximate surface area is 184 Å². The van der Waals surface area contributed by atoms with E-state index >= 15 is 0 Å². The molecule has 0 saturated heterocycles. The highest BCUT2D eigenvalue weighted by atomic mass is 35.5. The number of sulfone groups is 1. The molecule has 0 spiro atoms. The molecule has 0 aliphatic rings. The summed E-state index contributed by atoms with van der Waals surface area (Å²) in [6, 6.07) is 20.1. The quantitative estimate of drug-likeness (QED) is 0.314. The first-order valence-corrected chi connectivity index (χ1v) is 11.3. The average molecular weight is 469 g/mol. The largest absolute Gasteiger partial charge is 0.391 e. The fourth-order valence-electron chi connectivity index (χ4n) is 2.54. The normalized spacial score (nSPS) is 12.0. The molecule has 0 atom stereocenters. The van der Waals surface area contributed by atoms with E-state index in [1.807, 2.05) is 6.07 Å². The SMILES string of the molecule is O=S(=O)(CC(=NOCc1c(Cl)cccc1Cl)c1ccccc1)c1ccc(Cl)cc1. The summed E-state index contributed by atoms with van der Waals surface area (Å²) in [5, 5.41) is 5.45. The van der Waals surface area contributed by atoms with E-state index in [2.05, 4.69) is 5.16 Å². The lowest BCUT2D eigenvalue weighted by atomic mass is 10.1. The van der Waals surface area contributed by atoms with Crippen LogP contribution in [-0.2, 0) is 21.3 Å². The summed E-state index contributed by atoms with van der Waals surface area (Å²) in [5.41, 5.74) is 1.48. The fraction of sp³-hybridized carbons (Fsp3) is 0.0952. The third-order valence-corrected chi connectivity index (χ3v) is 6.66. The van der Waals surface area contributed by atoms with E-state index in [-0.39, 0.29) is 23.0 Å². The minimum atomic E-state index is -3.66. The second-order valence-electron chi connectivity index (χ2n) is 6.09. The number of rotatable bonds is 7. The maximum Gasteiger partial charge on any atom is 0.184 e. The molecule has 0 heterocycles. The van der Waals surface area contributed by atoms with Crippen LogP contribution in [-0.4, -0.2) is 19.9 Å². The summed E-state index contributed by atoms with van der Waals surface area (Å²) in [5.74, 6) is -0.338. The van der Waals surface area contributed by atoms with Crippen molar-refractivity contribution in [2.45, 2.75) is 11.5 Å². The van der Waals surface area contributed by atoms with Crippen LogP contribution in [0, 0.1) is 0 Å². The molecule has 0 aliphatic carbocycles. The summed E-state index contributed by atoms with van der Waals surface area (Å²) < 4.78 is 25.7. The smallest absolute Gasteiger partial charge is 0.184 e. The Morgan fingerprint density at radius 3 is 2.07 bits per heavy atom. The molecule has 150 valence electrons. The second kappa shape index (κ2) is 9.63. The van der Waals surface area contributed by atoms with Gasteiger partial charge in [0.15, 0.2) is 9.84 Å². The molecule has 0 fully saturated rings. The summed E-state index contributed by atoms with van der Waals surface area (Å²) in [6.45, 7) is 0.00975. The maximum atomic E-state index is 12.8. The summed E-state index contributed by atoms with van der Waals surface area (Å²) in [7, 11) is -3.66. The van der Waals surface area contributed by atoms with Crippen LogP contribution in [0.2, 0.25) is 15.1 Å². The Hall–Kier alpha value is -2.05. The van der Waals surface area contributed by atoms with Crippen molar-refractivity contribution < 1.29 is 13.3 Å². The van der Waals surface area contributed by atoms with Crippen LogP contribution >= 0.6 is 34.8 Å². The van der Waals surface area contributed by atoms with Crippen LogP contribution in [0.15, 0.2) is 82.8 Å². The van der Waals surface area contributed by atoms with Crippen LogP contribution in [0.5, 0.6) is 0 Å². The maximum absolute atomic E-state index is 12.8. The highest BCUT2D eigenvalue weighted by Gasteiger charge is 2.20.